The van der Waals surface area contributed by atoms with E-state index >= 15 is 0 Å². The minimum Gasteiger partial charge on any atom is -0.462 e. The monoisotopic (exact) mass is 279 g/mol. The van der Waals surface area contributed by atoms with Gasteiger partial charge in [-0.25, -0.2) is 14.8 Å². The van der Waals surface area contributed by atoms with Crippen molar-refractivity contribution in [3.63, 3.8) is 0 Å². The van der Waals surface area contributed by atoms with Crippen molar-refractivity contribution in [3.05, 3.63) is 17.5 Å². The molecule has 1 saturated heterocycles. The molecular weight excluding hydrogens is 258 g/mol. The first-order chi connectivity index (χ1) is 9.65. The smallest absolute Gasteiger partial charge is 0.341 e. The van der Waals surface area contributed by atoms with Gasteiger partial charge in [0, 0.05) is 25.9 Å². The van der Waals surface area contributed by atoms with Crippen molar-refractivity contribution in [1.82, 2.24) is 9.97 Å². The molecule has 6 nitrogen and oxygen atoms in total. The van der Waals surface area contributed by atoms with Crippen LogP contribution in [0.1, 0.15) is 35.8 Å². The summed E-state index contributed by atoms with van der Waals surface area (Å²) in [5.74, 6) is 0.647. The van der Waals surface area contributed by atoms with Crippen LogP contribution < -0.4 is 4.90 Å². The fourth-order valence-electron chi connectivity index (χ4n) is 2.33. The number of hydrogen-bond acceptors (Lipinski definition) is 6. The number of ether oxygens (including phenoxy) is 1. The predicted molar refractivity (Wildman–Crippen MR) is 74.7 cm³/mol. The Balaban J connectivity index is 2.07. The molecule has 110 valence electrons. The standard InChI is InChI=1S/C14H21N3O3/c1-3-20-13(19)12-8-15-14(16-10(12)2)17-6-4-11(9-18)5-7-17/h8,11,18H,3-7,9H2,1-2H3. The van der Waals surface area contributed by atoms with Crippen molar-refractivity contribution in [3.8, 4) is 0 Å². The van der Waals surface area contributed by atoms with E-state index in [9.17, 15) is 4.79 Å². The highest BCUT2D eigenvalue weighted by Crippen LogP contribution is 2.21. The van der Waals surface area contributed by atoms with E-state index in [1.54, 1.807) is 13.8 Å². The lowest BCUT2D eigenvalue weighted by molar-refractivity contribution is 0.0524. The van der Waals surface area contributed by atoms with Gasteiger partial charge in [-0.2, -0.15) is 0 Å². The molecule has 0 unspecified atom stereocenters. The van der Waals surface area contributed by atoms with E-state index in [2.05, 4.69) is 14.9 Å². The van der Waals surface area contributed by atoms with Gasteiger partial charge in [0.05, 0.1) is 17.9 Å². The van der Waals surface area contributed by atoms with Gasteiger partial charge >= 0.3 is 5.97 Å². The van der Waals surface area contributed by atoms with E-state index in [-0.39, 0.29) is 12.6 Å². The van der Waals surface area contributed by atoms with Crippen LogP contribution in [0.25, 0.3) is 0 Å². The quantitative estimate of drug-likeness (QED) is 0.834. The molecule has 0 atom stereocenters. The van der Waals surface area contributed by atoms with Gasteiger partial charge in [0.15, 0.2) is 0 Å². The van der Waals surface area contributed by atoms with Crippen LogP contribution >= 0.6 is 0 Å². The van der Waals surface area contributed by atoms with Crippen LogP contribution in [-0.4, -0.2) is 47.3 Å². The molecule has 0 radical (unpaired) electrons. The number of carbonyl (C=O) groups excluding carboxylic acids is 1. The summed E-state index contributed by atoms with van der Waals surface area (Å²) in [5, 5.41) is 9.14. The molecule has 1 N–H and O–H groups in total. The molecule has 1 fully saturated rings. The number of hydrogen-bond donors (Lipinski definition) is 1. The molecule has 1 aromatic rings. The third-order valence-corrected chi connectivity index (χ3v) is 3.62. The average Bonchev–Trinajstić information content (AvgIpc) is 2.47. The van der Waals surface area contributed by atoms with Gasteiger partial charge in [0.25, 0.3) is 0 Å². The Morgan fingerprint density at radius 1 is 1.50 bits per heavy atom. The normalized spacial score (nSPS) is 16.2. The SMILES string of the molecule is CCOC(=O)c1cnc(N2CCC(CO)CC2)nc1C. The first kappa shape index (κ1) is 14.7. The van der Waals surface area contributed by atoms with Crippen molar-refractivity contribution in [2.45, 2.75) is 26.7 Å². The third-order valence-electron chi connectivity index (χ3n) is 3.62. The zero-order valence-electron chi connectivity index (χ0n) is 12.0. The van der Waals surface area contributed by atoms with Crippen LogP contribution in [0.5, 0.6) is 0 Å². The fourth-order valence-corrected chi connectivity index (χ4v) is 2.33. The van der Waals surface area contributed by atoms with E-state index < -0.39 is 0 Å². The molecule has 20 heavy (non-hydrogen) atoms. The first-order valence-corrected chi connectivity index (χ1v) is 7.02. The lowest BCUT2D eigenvalue weighted by atomic mass is 9.98. The van der Waals surface area contributed by atoms with Gasteiger partial charge in [-0.05, 0) is 32.6 Å². The number of aryl methyl sites for hydroxylation is 1. The summed E-state index contributed by atoms with van der Waals surface area (Å²) in [4.78, 5) is 22.5. The molecule has 0 saturated carbocycles. The van der Waals surface area contributed by atoms with Crippen LogP contribution in [0, 0.1) is 12.8 Å². The summed E-state index contributed by atoms with van der Waals surface area (Å²) in [6.07, 6.45) is 3.42. The Labute approximate surface area is 118 Å². The summed E-state index contributed by atoms with van der Waals surface area (Å²) in [6, 6.07) is 0. The second kappa shape index (κ2) is 6.65. The molecule has 6 heteroatoms. The second-order valence-electron chi connectivity index (χ2n) is 5.00. The zero-order valence-corrected chi connectivity index (χ0v) is 12.0. The summed E-state index contributed by atoms with van der Waals surface area (Å²) < 4.78 is 4.96. The number of aliphatic hydroxyl groups is 1. The van der Waals surface area contributed by atoms with Gasteiger partial charge in [-0.3, -0.25) is 0 Å². The summed E-state index contributed by atoms with van der Waals surface area (Å²) in [7, 11) is 0. The lowest BCUT2D eigenvalue weighted by Crippen LogP contribution is -2.36. The second-order valence-corrected chi connectivity index (χ2v) is 5.00. The minimum absolute atomic E-state index is 0.246. The third kappa shape index (κ3) is 3.25. The van der Waals surface area contributed by atoms with Crippen molar-refractivity contribution < 1.29 is 14.6 Å². The Morgan fingerprint density at radius 3 is 2.75 bits per heavy atom. The van der Waals surface area contributed by atoms with E-state index in [0.29, 0.717) is 29.7 Å². The molecule has 0 aromatic carbocycles. The van der Waals surface area contributed by atoms with Crippen LogP contribution in [0.4, 0.5) is 5.95 Å². The predicted octanol–water partition coefficient (Wildman–Crippen LogP) is 1.17. The van der Waals surface area contributed by atoms with E-state index in [4.69, 9.17) is 9.84 Å². The fraction of sp³-hybridized carbons (Fsp3) is 0.643. The van der Waals surface area contributed by atoms with Gasteiger partial charge < -0.3 is 14.7 Å². The maximum atomic E-state index is 11.7. The topological polar surface area (TPSA) is 75.5 Å². The van der Waals surface area contributed by atoms with Crippen LogP contribution in [0.15, 0.2) is 6.20 Å². The van der Waals surface area contributed by atoms with E-state index in [1.165, 1.54) is 6.20 Å². The van der Waals surface area contributed by atoms with Crippen molar-refractivity contribution in [2.24, 2.45) is 5.92 Å². The molecule has 0 spiro atoms. The van der Waals surface area contributed by atoms with Crippen LogP contribution in [0.2, 0.25) is 0 Å². The molecule has 1 aromatic heterocycles. The van der Waals surface area contributed by atoms with Crippen LogP contribution in [-0.2, 0) is 4.74 Å². The van der Waals surface area contributed by atoms with Crippen molar-refractivity contribution in [2.75, 3.05) is 31.2 Å². The zero-order chi connectivity index (χ0) is 14.5. The number of carbonyl (C=O) groups is 1. The lowest BCUT2D eigenvalue weighted by Gasteiger charge is -2.31. The first-order valence-electron chi connectivity index (χ1n) is 7.02. The Hall–Kier alpha value is -1.69. The minimum atomic E-state index is -0.379. The number of nitrogens with zero attached hydrogens (tertiary/aromatic N) is 3. The van der Waals surface area contributed by atoms with Gasteiger partial charge in [0.2, 0.25) is 5.95 Å². The van der Waals surface area contributed by atoms with Crippen LogP contribution in [0.3, 0.4) is 0 Å². The number of piperidine rings is 1. The van der Waals surface area contributed by atoms with Crippen molar-refractivity contribution in [1.29, 1.82) is 0 Å². The Kier molecular flexibility index (Phi) is 4.89. The highest BCUT2D eigenvalue weighted by Gasteiger charge is 2.21. The van der Waals surface area contributed by atoms with Gasteiger partial charge in [0.1, 0.15) is 0 Å². The van der Waals surface area contributed by atoms with E-state index in [0.717, 1.165) is 25.9 Å². The molecular formula is C14H21N3O3. The molecule has 0 bridgehead atoms. The number of aromatic nitrogens is 2. The highest BCUT2D eigenvalue weighted by atomic mass is 16.5. The van der Waals surface area contributed by atoms with Gasteiger partial charge in [-0.15, -0.1) is 0 Å². The Bertz CT molecular complexity index is 471. The molecule has 0 aliphatic carbocycles. The maximum absolute atomic E-state index is 11.7. The number of aliphatic hydroxyl groups excluding tert-OH is 1. The van der Waals surface area contributed by atoms with Gasteiger partial charge in [-0.1, -0.05) is 0 Å². The number of anilines is 1. The summed E-state index contributed by atoms with van der Waals surface area (Å²) in [6.45, 7) is 5.82. The largest absolute Gasteiger partial charge is 0.462 e. The molecule has 2 heterocycles. The summed E-state index contributed by atoms with van der Waals surface area (Å²) >= 11 is 0. The maximum Gasteiger partial charge on any atom is 0.341 e. The average molecular weight is 279 g/mol. The number of esters is 1. The molecule has 2 rings (SSSR count). The molecule has 1 aliphatic heterocycles. The molecule has 0 amide bonds. The van der Waals surface area contributed by atoms with E-state index in [1.807, 2.05) is 0 Å². The number of rotatable bonds is 4. The highest BCUT2D eigenvalue weighted by molar-refractivity contribution is 5.90. The Morgan fingerprint density at radius 2 is 2.20 bits per heavy atom. The van der Waals surface area contributed by atoms with Crippen molar-refractivity contribution >= 4 is 11.9 Å². The molecule has 1 aliphatic rings. The summed E-state index contributed by atoms with van der Waals surface area (Å²) in [5.41, 5.74) is 1.05.